The van der Waals surface area contributed by atoms with Crippen LogP contribution in [0, 0.1) is 0 Å². The largest absolute Gasteiger partial charge is 0.329 e. The molecule has 5 heavy (non-hydrogen) atoms. The molecule has 0 rings (SSSR count). The Labute approximate surface area is 31.4 Å². The molecule has 1 atom stereocenters. The van der Waals surface area contributed by atoms with Gasteiger partial charge in [-0.05, 0) is 0 Å². The first kappa shape index (κ1) is 5.06. The minimum absolute atomic E-state index is 0.134. The first-order chi connectivity index (χ1) is 2.27. The third-order valence-electron chi connectivity index (χ3n) is 0.137. The van der Waals surface area contributed by atoms with Gasteiger partial charge in [-0.3, -0.25) is 0 Å². The number of rotatable bonds is 0. The van der Waals surface area contributed by atoms with Gasteiger partial charge in [0.15, 0.2) is 0 Å². The molecule has 0 heterocycles. The fourth-order valence-corrected chi connectivity index (χ4v) is 0. The molecule has 0 bridgehead atoms. The van der Waals surface area contributed by atoms with Crippen molar-refractivity contribution in [2.45, 2.75) is 6.92 Å². The zero-order valence-corrected chi connectivity index (χ0v) is 3.83. The van der Waals surface area contributed by atoms with Crippen LogP contribution in [0.25, 0.3) is 0 Å². The van der Waals surface area contributed by atoms with Crippen LogP contribution in [0.3, 0.4) is 0 Å². The second kappa shape index (κ2) is 2.31. The highest BCUT2D eigenvalue weighted by atomic mass is 31.1. The summed E-state index contributed by atoms with van der Waals surface area (Å²) in [6, 6.07) is 0. The fraction of sp³-hybridized carbons (Fsp3) is 0.500. The summed E-state index contributed by atoms with van der Waals surface area (Å²) in [5, 5.41) is 7.92. The van der Waals surface area contributed by atoms with Crippen molar-refractivity contribution in [3.63, 3.8) is 0 Å². The van der Waals surface area contributed by atoms with E-state index in [1.165, 1.54) is 6.92 Å². The molecule has 30 valence electrons. The van der Waals surface area contributed by atoms with Crippen LogP contribution in [0.15, 0.2) is 0 Å². The molecule has 3 heteroatoms. The van der Waals surface area contributed by atoms with Gasteiger partial charge in [-0.1, -0.05) is 0 Å². The lowest BCUT2D eigenvalue weighted by Crippen LogP contribution is -1.74. The molecule has 1 unspecified atom stereocenters. The van der Waals surface area contributed by atoms with E-state index in [0.29, 0.717) is 0 Å². The van der Waals surface area contributed by atoms with Crippen LogP contribution in [0.2, 0.25) is 0 Å². The average molecular weight is 95.0 g/mol. The van der Waals surface area contributed by atoms with Gasteiger partial charge < -0.3 is 5.11 Å². The van der Waals surface area contributed by atoms with Crippen LogP contribution in [0.1, 0.15) is 6.92 Å². The molecular weight excluding hydrogens is 90.0 g/mol. The standard InChI is InChI=1S/C2H4FOP/c1-2(4)5-3/h4H,1H3/p+1. The van der Waals surface area contributed by atoms with E-state index >= 15 is 0 Å². The third-order valence-corrected chi connectivity index (χ3v) is 0.410. The van der Waals surface area contributed by atoms with E-state index in [9.17, 15) is 4.20 Å². The van der Waals surface area contributed by atoms with Gasteiger partial charge in [-0.25, -0.2) is 0 Å². The van der Waals surface area contributed by atoms with Crippen LogP contribution >= 0.6 is 8.51 Å². The zero-order chi connectivity index (χ0) is 4.28. The lowest BCUT2D eigenvalue weighted by Gasteiger charge is -1.57. The molecule has 0 aromatic heterocycles. The van der Waals surface area contributed by atoms with Gasteiger partial charge in [0.2, 0.25) is 0 Å². The van der Waals surface area contributed by atoms with Crippen LogP contribution in [0.5, 0.6) is 0 Å². The molecule has 0 radical (unpaired) electrons. The average Bonchev–Trinajstić information content (AvgIpc) is 1.38. The number of halogens is 1. The highest BCUT2D eigenvalue weighted by Crippen LogP contribution is 1.94. The Bertz CT molecular complexity index is 47.6. The van der Waals surface area contributed by atoms with E-state index in [2.05, 4.69) is 0 Å². The number of hydrogen-bond acceptors (Lipinski definition) is 0. The second-order valence-electron chi connectivity index (χ2n) is 0.680. The van der Waals surface area contributed by atoms with Crippen molar-refractivity contribution < 1.29 is 9.30 Å². The van der Waals surface area contributed by atoms with Crippen LogP contribution in [0.4, 0.5) is 4.20 Å². The van der Waals surface area contributed by atoms with Crippen molar-refractivity contribution in [2.24, 2.45) is 0 Å². The Morgan fingerprint density at radius 2 is 2.20 bits per heavy atom. The third kappa shape index (κ3) is 4.06. The smallest absolute Gasteiger partial charge is 0.328 e. The Morgan fingerprint density at radius 1 is 2.00 bits per heavy atom. The summed E-state index contributed by atoms with van der Waals surface area (Å²) in [5.41, 5.74) is -0.134. The van der Waals surface area contributed by atoms with E-state index < -0.39 is 8.51 Å². The summed E-state index contributed by atoms with van der Waals surface area (Å²) in [5.74, 6) is 0. The van der Waals surface area contributed by atoms with Gasteiger partial charge in [0.25, 0.3) is 5.48 Å². The number of hydrogen-bond donors (Lipinski definition) is 1. The molecule has 0 fully saturated rings. The maximum Gasteiger partial charge on any atom is 0.329 e. The summed E-state index contributed by atoms with van der Waals surface area (Å²) < 4.78 is 10.9. The molecule has 1 N–H and O–H groups in total. The van der Waals surface area contributed by atoms with Crippen molar-refractivity contribution >= 4 is 14.0 Å². The van der Waals surface area contributed by atoms with Gasteiger partial charge >= 0.3 is 8.51 Å². The molecular formula is C2H5FOP+. The lowest BCUT2D eigenvalue weighted by atomic mass is 10.9. The molecule has 0 aromatic rings. The molecule has 0 saturated carbocycles. The minimum Gasteiger partial charge on any atom is -0.328 e. The predicted octanol–water partition coefficient (Wildman–Crippen LogP) is 1.07. The number of aliphatic hydroxyl groups excluding tert-OH is 1. The van der Waals surface area contributed by atoms with Crippen LogP contribution in [-0.4, -0.2) is 10.6 Å². The fourth-order valence-electron chi connectivity index (χ4n) is 0. The molecule has 0 amide bonds. The molecule has 0 spiro atoms. The van der Waals surface area contributed by atoms with Gasteiger partial charge in [0.1, 0.15) is 0 Å². The lowest BCUT2D eigenvalue weighted by molar-refractivity contribution is 0.562. The van der Waals surface area contributed by atoms with Gasteiger partial charge in [-0.2, -0.15) is 0 Å². The van der Waals surface area contributed by atoms with E-state index in [4.69, 9.17) is 5.11 Å². The van der Waals surface area contributed by atoms with Crippen molar-refractivity contribution in [2.75, 3.05) is 0 Å². The zero-order valence-electron chi connectivity index (χ0n) is 2.83. The topological polar surface area (TPSA) is 20.2 Å². The summed E-state index contributed by atoms with van der Waals surface area (Å²) in [6.07, 6.45) is 0. The molecule has 0 aliphatic heterocycles. The van der Waals surface area contributed by atoms with Crippen molar-refractivity contribution in [1.82, 2.24) is 0 Å². The van der Waals surface area contributed by atoms with E-state index in [1.54, 1.807) is 0 Å². The molecule has 0 aromatic carbocycles. The molecule has 0 aliphatic carbocycles. The Balaban J connectivity index is 3.14. The predicted molar refractivity (Wildman–Crippen MR) is 22.0 cm³/mol. The van der Waals surface area contributed by atoms with Crippen LogP contribution < -0.4 is 0 Å². The van der Waals surface area contributed by atoms with Gasteiger partial charge in [0, 0.05) is 11.1 Å². The van der Waals surface area contributed by atoms with Crippen molar-refractivity contribution in [3.8, 4) is 0 Å². The minimum atomic E-state index is -0.914. The molecule has 0 aliphatic rings. The van der Waals surface area contributed by atoms with Gasteiger partial charge in [-0.15, -0.1) is 0 Å². The van der Waals surface area contributed by atoms with Crippen molar-refractivity contribution in [3.05, 3.63) is 0 Å². The Kier molecular flexibility index (Phi) is 2.33. The normalized spacial score (nSPS) is 12.2. The Morgan fingerprint density at radius 3 is 2.20 bits per heavy atom. The SMILES string of the molecule is CC(O)=[PH+]F. The second-order valence-corrected chi connectivity index (χ2v) is 1.59. The Hall–Kier alpha value is 0.0600. The van der Waals surface area contributed by atoms with E-state index in [-0.39, 0.29) is 5.48 Å². The monoisotopic (exact) mass is 95.0 g/mol. The summed E-state index contributed by atoms with van der Waals surface area (Å²) >= 11 is 0. The molecule has 0 saturated heterocycles. The van der Waals surface area contributed by atoms with Crippen molar-refractivity contribution in [1.29, 1.82) is 0 Å². The maximum absolute atomic E-state index is 10.9. The quantitative estimate of drug-likeness (QED) is 0.446. The van der Waals surface area contributed by atoms with Gasteiger partial charge in [0.05, 0.1) is 0 Å². The first-order valence-corrected chi connectivity index (χ1v) is 2.04. The first-order valence-electron chi connectivity index (χ1n) is 1.16. The summed E-state index contributed by atoms with van der Waals surface area (Å²) in [7, 11) is -0.914. The molecule has 1 nitrogen and oxygen atoms in total. The van der Waals surface area contributed by atoms with E-state index in [0.717, 1.165) is 0 Å². The maximum atomic E-state index is 10.9. The number of aliphatic hydroxyl groups is 1. The highest BCUT2D eigenvalue weighted by molar-refractivity contribution is 7.34. The highest BCUT2D eigenvalue weighted by Gasteiger charge is 1.82. The van der Waals surface area contributed by atoms with E-state index in [1.807, 2.05) is 0 Å². The summed E-state index contributed by atoms with van der Waals surface area (Å²) in [4.78, 5) is 0. The summed E-state index contributed by atoms with van der Waals surface area (Å²) in [6.45, 7) is 1.33. The van der Waals surface area contributed by atoms with Crippen LogP contribution in [-0.2, 0) is 0 Å².